The number of benzene rings is 11. The lowest BCUT2D eigenvalue weighted by atomic mass is 9.79. The van der Waals surface area contributed by atoms with Gasteiger partial charge in [0.05, 0.1) is 28.7 Å². The molecule has 0 spiro atoms. The number of hydrogen-bond donors (Lipinski definition) is 1. The molecule has 4 heteroatoms. The molecule has 11 aromatic carbocycles. The van der Waals surface area contributed by atoms with E-state index in [2.05, 4.69) is 247 Å². The van der Waals surface area contributed by atoms with Gasteiger partial charge in [-0.2, -0.15) is 0 Å². The van der Waals surface area contributed by atoms with Gasteiger partial charge in [0.15, 0.2) is 0 Å². The second-order valence-corrected chi connectivity index (χ2v) is 19.0. The third-order valence-electron chi connectivity index (χ3n) is 15.1. The van der Waals surface area contributed by atoms with Gasteiger partial charge in [-0.05, 0) is 97.7 Å². The molecule has 2 aromatic heterocycles. The van der Waals surface area contributed by atoms with E-state index in [0.29, 0.717) is 0 Å². The van der Waals surface area contributed by atoms with E-state index in [0.717, 1.165) is 61.7 Å². The minimum atomic E-state index is -0.156. The molecule has 3 unspecified atom stereocenters. The summed E-state index contributed by atoms with van der Waals surface area (Å²) in [5.74, 6) is 0.968. The number of hydrogen-bond acceptors (Lipinski definition) is 3. The van der Waals surface area contributed by atoms with E-state index in [1.54, 1.807) is 0 Å². The second-order valence-electron chi connectivity index (χ2n) is 19.0. The maximum Gasteiger partial charge on any atom is 0.146 e. The lowest BCUT2D eigenvalue weighted by molar-refractivity contribution is 0.311. The summed E-state index contributed by atoms with van der Waals surface area (Å²) in [5.41, 5.74) is 13.2. The van der Waals surface area contributed by atoms with E-state index in [4.69, 9.17) is 9.41 Å². The molecule has 13 aromatic rings. The summed E-state index contributed by atoms with van der Waals surface area (Å²) in [6.07, 6.45) is 0.920. The fraction of sp³-hybridized carbons (Fsp3) is 0.0758. The van der Waals surface area contributed by atoms with Crippen LogP contribution in [0.15, 0.2) is 240 Å². The van der Waals surface area contributed by atoms with E-state index in [9.17, 15) is 0 Å². The highest BCUT2D eigenvalue weighted by Gasteiger charge is 2.37. The van der Waals surface area contributed by atoms with E-state index in [-0.39, 0.29) is 18.0 Å². The van der Waals surface area contributed by atoms with Crippen molar-refractivity contribution in [2.24, 2.45) is 10.9 Å². The highest BCUT2D eigenvalue weighted by Crippen LogP contribution is 2.46. The molecule has 0 radical (unpaired) electrons. The van der Waals surface area contributed by atoms with Gasteiger partial charge in [0.25, 0.3) is 0 Å². The third-order valence-corrected chi connectivity index (χ3v) is 15.1. The molecule has 332 valence electrons. The van der Waals surface area contributed by atoms with Gasteiger partial charge in [-0.15, -0.1) is 0 Å². The van der Waals surface area contributed by atoms with E-state index < -0.39 is 0 Å². The molecule has 0 bridgehead atoms. The average Bonchev–Trinajstić information content (AvgIpc) is 3.98. The first-order valence-corrected chi connectivity index (χ1v) is 24.5. The molecule has 70 heavy (non-hydrogen) atoms. The summed E-state index contributed by atoms with van der Waals surface area (Å²) in [6, 6.07) is 83.9. The van der Waals surface area contributed by atoms with Crippen LogP contribution in [-0.2, 0) is 0 Å². The molecule has 0 saturated carbocycles. The molecule has 1 N–H and O–H groups in total. The molecule has 4 nitrogen and oxygen atoms in total. The van der Waals surface area contributed by atoms with Crippen LogP contribution in [0.2, 0.25) is 0 Å². The predicted octanol–water partition coefficient (Wildman–Crippen LogP) is 17.3. The van der Waals surface area contributed by atoms with Crippen molar-refractivity contribution in [3.05, 3.63) is 247 Å². The highest BCUT2D eigenvalue weighted by molar-refractivity contribution is 6.23. The van der Waals surface area contributed by atoms with Gasteiger partial charge in [0.1, 0.15) is 17.0 Å². The van der Waals surface area contributed by atoms with Crippen molar-refractivity contribution in [2.75, 3.05) is 0 Å². The van der Waals surface area contributed by atoms with E-state index >= 15 is 0 Å². The number of fused-ring (bicyclic) bond motifs is 11. The zero-order chi connectivity index (χ0) is 46.3. The number of rotatable bonds is 7. The Hall–Kier alpha value is -8.73. The fourth-order valence-electron chi connectivity index (χ4n) is 11.6. The molecule has 14 rings (SSSR count). The van der Waals surface area contributed by atoms with E-state index in [1.807, 2.05) is 0 Å². The lowest BCUT2D eigenvalue weighted by Gasteiger charge is -2.38. The van der Waals surface area contributed by atoms with Gasteiger partial charge in [0, 0.05) is 43.9 Å². The van der Waals surface area contributed by atoms with Gasteiger partial charge in [0.2, 0.25) is 0 Å². The zero-order valence-electron chi connectivity index (χ0n) is 38.7. The van der Waals surface area contributed by atoms with Crippen molar-refractivity contribution in [3.63, 3.8) is 0 Å². The second kappa shape index (κ2) is 16.2. The maximum absolute atomic E-state index is 7.27. The zero-order valence-corrected chi connectivity index (χ0v) is 38.7. The molecule has 0 aliphatic carbocycles. The van der Waals surface area contributed by atoms with Crippen LogP contribution in [0, 0.1) is 5.92 Å². The van der Waals surface area contributed by atoms with Gasteiger partial charge in [-0.25, -0.2) is 0 Å². The molecular formula is C66H47N3O. The summed E-state index contributed by atoms with van der Waals surface area (Å²) in [4.78, 5) is 5.91. The number of nitrogens with zero attached hydrogens (tertiary/aromatic N) is 2. The van der Waals surface area contributed by atoms with Crippen LogP contribution in [0.25, 0.3) is 104 Å². The quantitative estimate of drug-likeness (QED) is 0.173. The topological polar surface area (TPSA) is 42.5 Å². The van der Waals surface area contributed by atoms with E-state index in [1.165, 1.54) is 71.2 Å². The van der Waals surface area contributed by atoms with Crippen molar-refractivity contribution in [1.82, 2.24) is 9.88 Å². The summed E-state index contributed by atoms with van der Waals surface area (Å²) in [7, 11) is 0. The summed E-state index contributed by atoms with van der Waals surface area (Å²) >= 11 is 0. The Kier molecular flexibility index (Phi) is 9.35. The van der Waals surface area contributed by atoms with Crippen LogP contribution >= 0.6 is 0 Å². The number of aromatic nitrogens is 1. The van der Waals surface area contributed by atoms with Crippen LogP contribution in [0.3, 0.4) is 0 Å². The summed E-state index contributed by atoms with van der Waals surface area (Å²) in [6.45, 7) is 2.31. The number of nitrogens with one attached hydrogen (secondary N) is 1. The Labute approximate surface area is 405 Å². The number of amidine groups is 1. The monoisotopic (exact) mass is 897 g/mol. The molecule has 1 aliphatic rings. The first-order valence-electron chi connectivity index (χ1n) is 24.5. The van der Waals surface area contributed by atoms with Crippen LogP contribution in [0.4, 0.5) is 0 Å². The number of aliphatic imine (C=N–C) groups is 1. The van der Waals surface area contributed by atoms with Crippen LogP contribution in [-0.4, -0.2) is 10.4 Å². The molecule has 1 aliphatic heterocycles. The minimum absolute atomic E-state index is 0.0554. The molecule has 3 atom stereocenters. The van der Waals surface area contributed by atoms with Crippen molar-refractivity contribution in [3.8, 4) is 27.9 Å². The Morgan fingerprint density at radius 2 is 1.06 bits per heavy atom. The average molecular weight is 898 g/mol. The SMILES string of the molecule is CCC1C(c2cccc(-c3ccccc3)c2)N=C(c2cc(-n3c4cc5ccccc5cc4c4ccc5ccccc5c43)cc3c2oc2c4ccccc4ccc32)NC1c1ccc(-c2ccccc2)cc1. The first-order chi connectivity index (χ1) is 34.6. The molecule has 0 amide bonds. The summed E-state index contributed by atoms with van der Waals surface area (Å²) in [5, 5.41) is 15.8. The Morgan fingerprint density at radius 1 is 0.443 bits per heavy atom. The third kappa shape index (κ3) is 6.48. The molecular weight excluding hydrogens is 851 g/mol. The molecule has 0 saturated heterocycles. The van der Waals surface area contributed by atoms with Crippen LogP contribution < -0.4 is 5.32 Å². The fourth-order valence-corrected chi connectivity index (χ4v) is 11.6. The first kappa shape index (κ1) is 40.3. The van der Waals surface area contributed by atoms with Gasteiger partial charge in [-0.1, -0.05) is 201 Å². The molecule has 0 fully saturated rings. The Balaban J connectivity index is 1.06. The van der Waals surface area contributed by atoms with Crippen molar-refractivity contribution in [1.29, 1.82) is 0 Å². The standard InChI is InChI=1S/C66H47N3O/c1-2-52-61(46-30-28-43(29-31-46)41-16-5-3-6-17-41)67-66(68-62(52)50-25-15-24-47(36-50)42-18-7-4-8-19-42)59-40-51(39-58-56-35-33-45-21-12-14-27-54(45)64(56)70-65(58)59)69-60-38-49-23-10-9-22-48(49)37-57(60)55-34-32-44-20-11-13-26-53(44)63(55)69/h3-40,52,61-62H,2H2,1H3,(H,67,68). The molecule has 3 heterocycles. The van der Waals surface area contributed by atoms with Gasteiger partial charge in [-0.3, -0.25) is 4.99 Å². The predicted molar refractivity (Wildman–Crippen MR) is 293 cm³/mol. The Morgan fingerprint density at radius 3 is 1.80 bits per heavy atom. The van der Waals surface area contributed by atoms with Crippen molar-refractivity contribution >= 4 is 81.9 Å². The highest BCUT2D eigenvalue weighted by atomic mass is 16.3. The number of furan rings is 1. The maximum atomic E-state index is 7.27. The van der Waals surface area contributed by atoms with Crippen LogP contribution in [0.5, 0.6) is 0 Å². The minimum Gasteiger partial charge on any atom is -0.455 e. The van der Waals surface area contributed by atoms with Crippen molar-refractivity contribution < 1.29 is 4.42 Å². The Bertz CT molecular complexity index is 4200. The summed E-state index contributed by atoms with van der Waals surface area (Å²) < 4.78 is 9.77. The normalized spacial score (nSPS) is 16.2. The van der Waals surface area contributed by atoms with Gasteiger partial charge >= 0.3 is 0 Å². The van der Waals surface area contributed by atoms with Crippen molar-refractivity contribution in [2.45, 2.75) is 25.4 Å². The lowest BCUT2D eigenvalue weighted by Crippen LogP contribution is -2.41. The van der Waals surface area contributed by atoms with Crippen LogP contribution in [0.1, 0.15) is 42.1 Å². The van der Waals surface area contributed by atoms with Gasteiger partial charge < -0.3 is 14.3 Å². The largest absolute Gasteiger partial charge is 0.455 e. The smallest absolute Gasteiger partial charge is 0.146 e.